The summed E-state index contributed by atoms with van der Waals surface area (Å²) < 4.78 is 13.0. The van der Waals surface area contributed by atoms with Gasteiger partial charge in [0.1, 0.15) is 12.1 Å². The lowest BCUT2D eigenvalue weighted by atomic mass is 10.0. The van der Waals surface area contributed by atoms with Crippen molar-refractivity contribution in [3.63, 3.8) is 0 Å². The Labute approximate surface area is 219 Å². The van der Waals surface area contributed by atoms with Gasteiger partial charge in [-0.15, -0.1) is 0 Å². The quantitative estimate of drug-likeness (QED) is 0.0968. The van der Waals surface area contributed by atoms with Crippen molar-refractivity contribution in [2.24, 2.45) is 0 Å². The Balaban J connectivity index is 1.63. The molecule has 0 bridgehead atoms. The summed E-state index contributed by atoms with van der Waals surface area (Å²) in [5.74, 6) is -1.09. The number of hydrogen-bond acceptors (Lipinski definition) is 7. The zero-order chi connectivity index (χ0) is 26.7. The van der Waals surface area contributed by atoms with Crippen molar-refractivity contribution >= 4 is 23.2 Å². The van der Waals surface area contributed by atoms with E-state index in [1.165, 1.54) is 89.1 Å². The van der Waals surface area contributed by atoms with Gasteiger partial charge in [-0.05, 0) is 30.7 Å². The molecular weight excluding hydrogens is 475 g/mol. The number of carbonyl (C=O) groups is 1. The van der Waals surface area contributed by atoms with E-state index in [4.69, 9.17) is 0 Å². The van der Waals surface area contributed by atoms with Crippen LogP contribution in [0.25, 0.3) is 0 Å². The number of halogens is 1. The number of rotatable bonds is 20. The van der Waals surface area contributed by atoms with Gasteiger partial charge in [0.2, 0.25) is 11.6 Å². The van der Waals surface area contributed by atoms with Crippen LogP contribution < -0.4 is 16.2 Å². The molecule has 0 aliphatic carbocycles. The molecule has 37 heavy (non-hydrogen) atoms. The zero-order valence-electron chi connectivity index (χ0n) is 21.9. The van der Waals surface area contributed by atoms with Crippen LogP contribution >= 0.6 is 0 Å². The minimum Gasteiger partial charge on any atom is -0.364 e. The lowest BCUT2D eigenvalue weighted by Crippen LogP contribution is -2.30. The van der Waals surface area contributed by atoms with Gasteiger partial charge in [0, 0.05) is 12.1 Å². The maximum atomic E-state index is 13.0. The highest BCUT2D eigenvalue weighted by Crippen LogP contribution is 2.28. The molecule has 0 spiro atoms. The number of anilines is 2. The third-order valence-corrected chi connectivity index (χ3v) is 6.23. The van der Waals surface area contributed by atoms with E-state index in [-0.39, 0.29) is 22.9 Å². The second-order valence-electron chi connectivity index (χ2n) is 9.29. The van der Waals surface area contributed by atoms with Crippen molar-refractivity contribution in [3.05, 3.63) is 52.1 Å². The molecule has 1 aromatic carbocycles. The first-order chi connectivity index (χ1) is 18.0. The third kappa shape index (κ3) is 12.0. The number of aromatic nitrogens is 2. The Morgan fingerprint density at radius 3 is 1.89 bits per heavy atom. The summed E-state index contributed by atoms with van der Waals surface area (Å²) in [7, 11) is 0. The first kappa shape index (κ1) is 29.9. The predicted molar refractivity (Wildman–Crippen MR) is 145 cm³/mol. The van der Waals surface area contributed by atoms with Crippen molar-refractivity contribution in [2.45, 2.75) is 96.8 Å². The Bertz CT molecular complexity index is 942. The van der Waals surface area contributed by atoms with Gasteiger partial charge in [0.25, 0.3) is 5.91 Å². The molecule has 2 aromatic rings. The van der Waals surface area contributed by atoms with Crippen molar-refractivity contribution in [3.8, 4) is 0 Å². The summed E-state index contributed by atoms with van der Waals surface area (Å²) in [6.45, 7) is 2.80. The maximum absolute atomic E-state index is 13.0. The van der Waals surface area contributed by atoms with E-state index in [2.05, 4.69) is 33.1 Å². The van der Waals surface area contributed by atoms with Crippen LogP contribution in [-0.4, -0.2) is 27.3 Å². The molecule has 3 N–H and O–H groups in total. The molecular formula is C27H41FN6O3. The molecule has 0 saturated heterocycles. The molecule has 0 aliphatic rings. The Morgan fingerprint density at radius 2 is 1.35 bits per heavy atom. The number of carbonyl (C=O) groups excluding carboxylic acids is 1. The Hall–Kier alpha value is -3.30. The average Bonchev–Trinajstić information content (AvgIpc) is 2.89. The van der Waals surface area contributed by atoms with Crippen LogP contribution in [0.5, 0.6) is 0 Å². The molecule has 0 unspecified atom stereocenters. The smallest absolute Gasteiger partial charge is 0.354 e. The van der Waals surface area contributed by atoms with E-state index >= 15 is 0 Å². The van der Waals surface area contributed by atoms with Crippen molar-refractivity contribution < 1.29 is 14.1 Å². The van der Waals surface area contributed by atoms with Crippen molar-refractivity contribution in [1.29, 1.82) is 0 Å². The predicted octanol–water partition coefficient (Wildman–Crippen LogP) is 7.17. The molecule has 1 amide bonds. The van der Waals surface area contributed by atoms with Crippen LogP contribution in [0, 0.1) is 15.9 Å². The lowest BCUT2D eigenvalue weighted by molar-refractivity contribution is -0.383. The van der Waals surface area contributed by atoms with E-state index in [9.17, 15) is 19.3 Å². The van der Waals surface area contributed by atoms with Gasteiger partial charge in [0.15, 0.2) is 0 Å². The molecule has 0 saturated carbocycles. The highest BCUT2D eigenvalue weighted by atomic mass is 19.1. The van der Waals surface area contributed by atoms with Crippen LogP contribution in [0.15, 0.2) is 30.6 Å². The lowest BCUT2D eigenvalue weighted by Gasteiger charge is -2.11. The molecule has 0 radical (unpaired) electrons. The van der Waals surface area contributed by atoms with Crippen LogP contribution in [-0.2, 0) is 0 Å². The fourth-order valence-electron chi connectivity index (χ4n) is 4.09. The molecule has 0 aliphatic heterocycles. The largest absolute Gasteiger partial charge is 0.364 e. The first-order valence-corrected chi connectivity index (χ1v) is 13.6. The number of nitrogens with one attached hydrogen (secondary N) is 3. The van der Waals surface area contributed by atoms with Gasteiger partial charge in [-0.25, -0.2) is 14.4 Å². The fraction of sp³-hybridized carbons (Fsp3) is 0.593. The van der Waals surface area contributed by atoms with Crippen LogP contribution in [0.2, 0.25) is 0 Å². The Kier molecular flexibility index (Phi) is 14.6. The number of amides is 1. The zero-order valence-corrected chi connectivity index (χ0v) is 21.9. The molecule has 1 heterocycles. The molecule has 0 fully saturated rings. The summed E-state index contributed by atoms with van der Waals surface area (Å²) in [6.07, 6.45) is 18.9. The molecule has 1 aromatic heterocycles. The minimum absolute atomic E-state index is 0.0909. The van der Waals surface area contributed by atoms with Crippen molar-refractivity contribution in [1.82, 2.24) is 15.4 Å². The highest BCUT2D eigenvalue weighted by Gasteiger charge is 2.23. The van der Waals surface area contributed by atoms with Crippen LogP contribution in [0.1, 0.15) is 107 Å². The number of hydrogen-bond donors (Lipinski definition) is 3. The van der Waals surface area contributed by atoms with E-state index in [1.54, 1.807) is 0 Å². The summed E-state index contributed by atoms with van der Waals surface area (Å²) in [4.78, 5) is 31.1. The number of benzene rings is 1. The molecule has 2 rings (SSSR count). The maximum Gasteiger partial charge on any atom is 0.354 e. The summed E-state index contributed by atoms with van der Waals surface area (Å²) in [6, 6.07) is 4.93. The standard InChI is InChI=1S/C27H41FN6O3/c1-2-3-4-5-6-7-8-9-10-11-12-13-14-15-20-29-25-24(34(36)37)26(31-21-30-25)32-33-27(35)22-16-18-23(28)19-17-22/h16-19,21H,2-15,20H2,1H3,(H,33,35)(H2,29,30,31,32). The number of nitrogens with zero attached hydrogens (tertiary/aromatic N) is 3. The van der Waals surface area contributed by atoms with E-state index in [1.807, 2.05) is 0 Å². The van der Waals surface area contributed by atoms with Gasteiger partial charge in [-0.1, -0.05) is 90.4 Å². The van der Waals surface area contributed by atoms with Gasteiger partial charge in [-0.3, -0.25) is 25.8 Å². The monoisotopic (exact) mass is 516 g/mol. The molecule has 204 valence electrons. The van der Waals surface area contributed by atoms with Crippen LogP contribution in [0.3, 0.4) is 0 Å². The van der Waals surface area contributed by atoms with Crippen molar-refractivity contribution in [2.75, 3.05) is 17.3 Å². The van der Waals surface area contributed by atoms with Gasteiger partial charge in [-0.2, -0.15) is 0 Å². The Morgan fingerprint density at radius 1 is 0.838 bits per heavy atom. The summed E-state index contributed by atoms with van der Waals surface area (Å²) in [5, 5.41) is 14.7. The van der Waals surface area contributed by atoms with E-state index < -0.39 is 16.6 Å². The van der Waals surface area contributed by atoms with Gasteiger partial charge in [0.05, 0.1) is 4.92 Å². The normalized spacial score (nSPS) is 10.8. The topological polar surface area (TPSA) is 122 Å². The number of unbranched alkanes of at least 4 members (excludes halogenated alkanes) is 13. The molecule has 0 atom stereocenters. The fourth-order valence-corrected chi connectivity index (χ4v) is 4.09. The summed E-state index contributed by atoms with van der Waals surface area (Å²) in [5.41, 5.74) is 4.66. The highest BCUT2D eigenvalue weighted by molar-refractivity contribution is 5.95. The number of nitro groups is 1. The second-order valence-corrected chi connectivity index (χ2v) is 9.29. The van der Waals surface area contributed by atoms with E-state index in [0.29, 0.717) is 6.54 Å². The first-order valence-electron chi connectivity index (χ1n) is 13.6. The molecule has 10 heteroatoms. The summed E-state index contributed by atoms with van der Waals surface area (Å²) >= 11 is 0. The number of hydrazine groups is 1. The molecule has 9 nitrogen and oxygen atoms in total. The van der Waals surface area contributed by atoms with E-state index in [0.717, 1.165) is 31.4 Å². The SMILES string of the molecule is CCCCCCCCCCCCCCCCNc1ncnc(NNC(=O)c2ccc(F)cc2)c1[N+](=O)[O-]. The third-order valence-electron chi connectivity index (χ3n) is 6.23. The average molecular weight is 517 g/mol. The van der Waals surface area contributed by atoms with Gasteiger partial charge < -0.3 is 5.32 Å². The van der Waals surface area contributed by atoms with Crippen LogP contribution in [0.4, 0.5) is 21.7 Å². The minimum atomic E-state index is -0.597. The van der Waals surface area contributed by atoms with Gasteiger partial charge >= 0.3 is 5.69 Å². The second kappa shape index (κ2) is 18.0.